The number of nitrogens with zero attached hydrogens (tertiary/aromatic N) is 2. The number of hydrogen-bond acceptors (Lipinski definition) is 6. The highest BCUT2D eigenvalue weighted by atomic mass is 32.1. The van der Waals surface area contributed by atoms with Gasteiger partial charge in [-0.25, -0.2) is 0 Å². The van der Waals surface area contributed by atoms with Crippen molar-refractivity contribution >= 4 is 192 Å². The van der Waals surface area contributed by atoms with Gasteiger partial charge in [0.15, 0.2) is 0 Å². The van der Waals surface area contributed by atoms with Gasteiger partial charge < -0.3 is 9.80 Å². The standard InChI is InChI=1S/C66H38N2S4/c1-3-11-41-33-43(19-17-39(41)9-1)67(45-23-29-59-55(35-45)49-13-5-7-15-57(49)69-59)47-21-25-53-63(37-47)71-61-31-27-52-51(65(53)61)28-32-62-66(52)54-26-22-48(38-64(54)72-62)68(44-20-18-40-10-2-4-12-42(40)34-44)46-24-30-60-56(36-46)50-14-6-8-16-58(50)70-60/h1-38H. The van der Waals surface area contributed by atoms with Crippen molar-refractivity contribution in [1.29, 1.82) is 0 Å². The van der Waals surface area contributed by atoms with Crippen LogP contribution in [0.4, 0.5) is 34.1 Å². The minimum atomic E-state index is 1.14. The first-order valence-electron chi connectivity index (χ1n) is 24.3. The Morgan fingerprint density at radius 2 is 0.528 bits per heavy atom. The van der Waals surface area contributed by atoms with E-state index in [4.69, 9.17) is 0 Å². The number of thiophene rings is 4. The van der Waals surface area contributed by atoms with Crippen LogP contribution in [-0.2, 0) is 0 Å². The third-order valence-electron chi connectivity index (χ3n) is 14.8. The molecule has 0 radical (unpaired) electrons. The third-order valence-corrected chi connectivity index (χ3v) is 19.3. The molecule has 0 saturated carbocycles. The van der Waals surface area contributed by atoms with E-state index in [9.17, 15) is 0 Å². The number of hydrogen-bond donors (Lipinski definition) is 0. The Labute approximate surface area is 429 Å². The first-order valence-corrected chi connectivity index (χ1v) is 27.5. The molecule has 0 amide bonds. The van der Waals surface area contributed by atoms with Gasteiger partial charge in [0, 0.05) is 115 Å². The first kappa shape index (κ1) is 40.6. The van der Waals surface area contributed by atoms with Crippen LogP contribution >= 0.6 is 45.3 Å². The van der Waals surface area contributed by atoms with Crippen molar-refractivity contribution in [3.8, 4) is 0 Å². The zero-order chi connectivity index (χ0) is 47.0. The number of anilines is 6. The van der Waals surface area contributed by atoms with E-state index in [2.05, 4.69) is 240 Å². The summed E-state index contributed by atoms with van der Waals surface area (Å²) in [5.41, 5.74) is 6.89. The van der Waals surface area contributed by atoms with Gasteiger partial charge in [0.2, 0.25) is 0 Å². The molecule has 0 unspecified atom stereocenters. The van der Waals surface area contributed by atoms with E-state index in [0.717, 1.165) is 34.1 Å². The smallest absolute Gasteiger partial charge is 0.0476 e. The molecular weight excluding hydrogens is 949 g/mol. The molecule has 12 aromatic carbocycles. The molecule has 0 aliphatic rings. The summed E-state index contributed by atoms with van der Waals surface area (Å²) in [4.78, 5) is 4.89. The Bertz CT molecular complexity index is 4610. The lowest BCUT2D eigenvalue weighted by Crippen LogP contribution is -2.09. The summed E-state index contributed by atoms with van der Waals surface area (Å²) in [6.07, 6.45) is 0. The molecule has 0 aliphatic heterocycles. The molecule has 336 valence electrons. The van der Waals surface area contributed by atoms with Gasteiger partial charge in [0.05, 0.1) is 0 Å². The Morgan fingerprint density at radius 3 is 1.01 bits per heavy atom. The molecule has 16 rings (SSSR count). The molecule has 4 aromatic heterocycles. The summed E-state index contributed by atoms with van der Waals surface area (Å²) in [6, 6.07) is 86.3. The SMILES string of the molecule is c1ccc2cc(N(c3ccc4c(c3)sc3ccc5c(ccc6sc7cc(N(c8ccc9ccccc9c8)c8ccc9sc%10ccccc%10c9c8)ccc7c65)c34)c3ccc4sc5ccccc5c4c3)ccc2c1. The highest BCUT2D eigenvalue weighted by molar-refractivity contribution is 7.27. The van der Waals surface area contributed by atoms with E-state index in [1.165, 1.54) is 113 Å². The van der Waals surface area contributed by atoms with Crippen molar-refractivity contribution in [2.24, 2.45) is 0 Å². The van der Waals surface area contributed by atoms with Crippen LogP contribution < -0.4 is 9.80 Å². The molecule has 0 fully saturated rings. The highest BCUT2D eigenvalue weighted by Crippen LogP contribution is 2.49. The molecule has 72 heavy (non-hydrogen) atoms. The second kappa shape index (κ2) is 15.7. The van der Waals surface area contributed by atoms with Gasteiger partial charge in [-0.2, -0.15) is 0 Å². The zero-order valence-corrected chi connectivity index (χ0v) is 41.7. The van der Waals surface area contributed by atoms with Gasteiger partial charge in [-0.3, -0.25) is 0 Å². The maximum atomic E-state index is 2.44. The van der Waals surface area contributed by atoms with Gasteiger partial charge in [0.25, 0.3) is 0 Å². The monoisotopic (exact) mass is 986 g/mol. The topological polar surface area (TPSA) is 6.48 Å². The van der Waals surface area contributed by atoms with Crippen molar-refractivity contribution in [1.82, 2.24) is 0 Å². The lowest BCUT2D eigenvalue weighted by molar-refractivity contribution is 1.30. The Morgan fingerprint density at radius 1 is 0.194 bits per heavy atom. The molecule has 16 aromatic rings. The van der Waals surface area contributed by atoms with Crippen LogP contribution in [0, 0.1) is 0 Å². The van der Waals surface area contributed by atoms with E-state index >= 15 is 0 Å². The van der Waals surface area contributed by atoms with Crippen LogP contribution in [0.15, 0.2) is 231 Å². The fourth-order valence-corrected chi connectivity index (χ4v) is 15.9. The Kier molecular flexibility index (Phi) is 8.86. The highest BCUT2D eigenvalue weighted by Gasteiger charge is 2.21. The van der Waals surface area contributed by atoms with Crippen LogP contribution in [0.25, 0.3) is 113 Å². The second-order valence-corrected chi connectivity index (χ2v) is 23.2. The molecule has 0 saturated heterocycles. The maximum Gasteiger partial charge on any atom is 0.0476 e. The molecule has 0 spiro atoms. The fourth-order valence-electron chi connectivity index (χ4n) is 11.4. The number of rotatable bonds is 6. The molecule has 0 aliphatic carbocycles. The molecule has 0 atom stereocenters. The molecule has 4 heterocycles. The fraction of sp³-hybridized carbons (Fsp3) is 0. The van der Waals surface area contributed by atoms with Crippen molar-refractivity contribution < 1.29 is 0 Å². The van der Waals surface area contributed by atoms with Gasteiger partial charge in [-0.15, -0.1) is 45.3 Å². The number of benzene rings is 12. The van der Waals surface area contributed by atoms with Gasteiger partial charge in [0.1, 0.15) is 0 Å². The Balaban J connectivity index is 0.839. The van der Waals surface area contributed by atoms with Crippen LogP contribution in [0.1, 0.15) is 0 Å². The normalized spacial score (nSPS) is 12.2. The van der Waals surface area contributed by atoms with E-state index in [1.54, 1.807) is 0 Å². The summed E-state index contributed by atoms with van der Waals surface area (Å²) < 4.78 is 10.4. The summed E-state index contributed by atoms with van der Waals surface area (Å²) >= 11 is 7.52. The van der Waals surface area contributed by atoms with Crippen LogP contribution in [0.5, 0.6) is 0 Å². The van der Waals surface area contributed by atoms with E-state index in [1.807, 2.05) is 45.3 Å². The molecule has 6 heteroatoms. The summed E-state index contributed by atoms with van der Waals surface area (Å²) in [5, 5.41) is 18.0. The average molecular weight is 987 g/mol. The van der Waals surface area contributed by atoms with Crippen molar-refractivity contribution in [3.63, 3.8) is 0 Å². The number of fused-ring (bicyclic) bond motifs is 17. The van der Waals surface area contributed by atoms with E-state index in [0.29, 0.717) is 0 Å². The van der Waals surface area contributed by atoms with Crippen molar-refractivity contribution in [2.75, 3.05) is 9.80 Å². The second-order valence-electron chi connectivity index (χ2n) is 18.8. The van der Waals surface area contributed by atoms with Gasteiger partial charge in [-0.1, -0.05) is 121 Å². The molecule has 2 nitrogen and oxygen atoms in total. The lowest BCUT2D eigenvalue weighted by Gasteiger charge is -2.26. The molecule has 0 N–H and O–H groups in total. The lowest BCUT2D eigenvalue weighted by atomic mass is 9.99. The van der Waals surface area contributed by atoms with Crippen molar-refractivity contribution in [3.05, 3.63) is 231 Å². The van der Waals surface area contributed by atoms with Crippen LogP contribution in [0.3, 0.4) is 0 Å². The largest absolute Gasteiger partial charge is 0.310 e. The first-order chi connectivity index (χ1) is 35.6. The molecule has 0 bridgehead atoms. The van der Waals surface area contributed by atoms with Crippen molar-refractivity contribution in [2.45, 2.75) is 0 Å². The predicted octanol–water partition coefficient (Wildman–Crippen LogP) is 21.6. The Hall–Kier alpha value is -8.10. The molecular formula is C66H38N2S4. The average Bonchev–Trinajstić information content (AvgIpc) is 4.21. The third kappa shape index (κ3) is 6.23. The van der Waals surface area contributed by atoms with Gasteiger partial charge in [-0.05, 0) is 142 Å². The van der Waals surface area contributed by atoms with Crippen LogP contribution in [0.2, 0.25) is 0 Å². The van der Waals surface area contributed by atoms with E-state index in [-0.39, 0.29) is 0 Å². The summed E-state index contributed by atoms with van der Waals surface area (Å²) in [5.74, 6) is 0. The summed E-state index contributed by atoms with van der Waals surface area (Å²) in [7, 11) is 0. The minimum Gasteiger partial charge on any atom is -0.310 e. The maximum absolute atomic E-state index is 2.44. The predicted molar refractivity (Wildman–Crippen MR) is 320 cm³/mol. The zero-order valence-electron chi connectivity index (χ0n) is 38.5. The van der Waals surface area contributed by atoms with Gasteiger partial charge >= 0.3 is 0 Å². The van der Waals surface area contributed by atoms with Crippen LogP contribution in [-0.4, -0.2) is 0 Å². The quantitative estimate of drug-likeness (QED) is 0.164. The minimum absolute atomic E-state index is 1.14. The summed E-state index contributed by atoms with van der Waals surface area (Å²) in [6.45, 7) is 0. The van der Waals surface area contributed by atoms with E-state index < -0.39 is 0 Å².